The van der Waals surface area contributed by atoms with Crippen LogP contribution < -0.4 is 10.2 Å². The van der Waals surface area contributed by atoms with E-state index in [0.29, 0.717) is 17.9 Å². The van der Waals surface area contributed by atoms with Crippen LogP contribution in [-0.2, 0) is 5.41 Å². The van der Waals surface area contributed by atoms with Gasteiger partial charge in [0.05, 0.1) is 12.3 Å². The topological polar surface area (TPSA) is 77.1 Å². The average Bonchev–Trinajstić information content (AvgIpc) is 3.53. The Balaban J connectivity index is 1.01. The van der Waals surface area contributed by atoms with E-state index in [1.807, 2.05) is 6.08 Å². The zero-order valence-electron chi connectivity index (χ0n) is 21.6. The fraction of sp³-hybridized carbons (Fsp3) is 0.586. The van der Waals surface area contributed by atoms with E-state index in [0.717, 1.165) is 83.0 Å². The number of aliphatic hydroxyl groups excluding tert-OH is 1. The van der Waals surface area contributed by atoms with Gasteiger partial charge >= 0.3 is 0 Å². The van der Waals surface area contributed by atoms with E-state index in [9.17, 15) is 5.11 Å². The van der Waals surface area contributed by atoms with Crippen molar-refractivity contribution in [2.24, 2.45) is 16.8 Å². The minimum atomic E-state index is -0.285. The van der Waals surface area contributed by atoms with E-state index in [4.69, 9.17) is 4.42 Å². The number of nitrogens with one attached hydrogen (secondary N) is 1. The molecule has 2 saturated heterocycles. The summed E-state index contributed by atoms with van der Waals surface area (Å²) in [6.07, 6.45) is 9.71. The molecular formula is C29H39N5O2. The van der Waals surface area contributed by atoms with Crippen molar-refractivity contribution in [2.45, 2.75) is 51.0 Å². The second-order valence-electron chi connectivity index (χ2n) is 11.3. The second kappa shape index (κ2) is 9.67. The molecule has 2 N–H and O–H groups in total. The first kappa shape index (κ1) is 23.7. The van der Waals surface area contributed by atoms with Gasteiger partial charge in [-0.1, -0.05) is 25.1 Å². The summed E-state index contributed by atoms with van der Waals surface area (Å²) in [4.78, 5) is 13.7. The molecule has 1 spiro atoms. The van der Waals surface area contributed by atoms with Crippen molar-refractivity contribution in [3.63, 3.8) is 0 Å². The van der Waals surface area contributed by atoms with Crippen LogP contribution in [0, 0.1) is 18.8 Å². The number of dihydropyridines is 1. The maximum atomic E-state index is 11.2. The highest BCUT2D eigenvalue weighted by Gasteiger charge is 2.46. The molecule has 0 aliphatic carbocycles. The lowest BCUT2D eigenvalue weighted by Gasteiger charge is -2.46. The molecule has 3 atom stereocenters. The van der Waals surface area contributed by atoms with Crippen molar-refractivity contribution in [1.82, 2.24) is 9.88 Å². The van der Waals surface area contributed by atoms with Crippen LogP contribution in [0.5, 0.6) is 0 Å². The van der Waals surface area contributed by atoms with Crippen LogP contribution in [0.1, 0.15) is 49.5 Å². The molecule has 2 aromatic rings. The summed E-state index contributed by atoms with van der Waals surface area (Å²) < 4.78 is 6.03. The van der Waals surface area contributed by atoms with Gasteiger partial charge in [-0.15, -0.1) is 0 Å². The standard InChI is InChI=1S/C29H39N5O2/c1-20-6-7-23-25(15-20)32-19-29(23)10-14-33(17-21(29)2)18-26(35)22-8-12-34(13-9-22)28-31-16-27(36-28)24-5-3-4-11-30-24/h3,5-7,15-16,21-22,26,32,35H,4,8-14,17-19H2,1-2H3. The lowest BCUT2D eigenvalue weighted by molar-refractivity contribution is 0.0242. The van der Waals surface area contributed by atoms with E-state index in [1.54, 1.807) is 6.20 Å². The van der Waals surface area contributed by atoms with Gasteiger partial charge in [-0.05, 0) is 74.3 Å². The van der Waals surface area contributed by atoms with Crippen molar-refractivity contribution < 1.29 is 9.52 Å². The molecule has 4 aliphatic rings. The van der Waals surface area contributed by atoms with Gasteiger partial charge in [0.1, 0.15) is 5.71 Å². The summed E-state index contributed by atoms with van der Waals surface area (Å²) in [5, 5.41) is 14.8. The molecule has 0 radical (unpaired) electrons. The number of aryl methyl sites for hydroxylation is 1. The van der Waals surface area contributed by atoms with Gasteiger partial charge in [-0.2, -0.15) is 0 Å². The predicted molar refractivity (Wildman–Crippen MR) is 144 cm³/mol. The Kier molecular flexibility index (Phi) is 6.38. The number of likely N-dealkylation sites (tertiary alicyclic amines) is 1. The van der Waals surface area contributed by atoms with Gasteiger partial charge in [0, 0.05) is 50.4 Å². The first-order valence-electron chi connectivity index (χ1n) is 13.7. The average molecular weight is 490 g/mol. The number of nitrogens with zero attached hydrogens (tertiary/aromatic N) is 4. The number of fused-ring (bicyclic) bond motifs is 2. The zero-order valence-corrected chi connectivity index (χ0v) is 21.6. The summed E-state index contributed by atoms with van der Waals surface area (Å²) in [5.41, 5.74) is 5.24. The summed E-state index contributed by atoms with van der Waals surface area (Å²) in [7, 11) is 0. The highest BCUT2D eigenvalue weighted by molar-refractivity contribution is 6.07. The monoisotopic (exact) mass is 489 g/mol. The Morgan fingerprint density at radius 2 is 2.11 bits per heavy atom. The molecule has 192 valence electrons. The molecule has 36 heavy (non-hydrogen) atoms. The summed E-state index contributed by atoms with van der Waals surface area (Å²) in [6, 6.07) is 7.56. The van der Waals surface area contributed by atoms with Gasteiger partial charge in [0.25, 0.3) is 6.01 Å². The molecule has 0 amide bonds. The molecule has 3 unspecified atom stereocenters. The Bertz CT molecular complexity index is 1150. The number of benzene rings is 1. The van der Waals surface area contributed by atoms with Crippen molar-refractivity contribution in [3.05, 3.63) is 53.4 Å². The number of aliphatic hydroxyl groups is 1. The second-order valence-corrected chi connectivity index (χ2v) is 11.3. The van der Waals surface area contributed by atoms with E-state index in [1.165, 1.54) is 16.8 Å². The lowest BCUT2D eigenvalue weighted by atomic mass is 9.67. The number of oxazole rings is 1. The van der Waals surface area contributed by atoms with Crippen molar-refractivity contribution in [1.29, 1.82) is 0 Å². The molecule has 1 aromatic heterocycles. The quantitative estimate of drug-likeness (QED) is 0.661. The summed E-state index contributed by atoms with van der Waals surface area (Å²) in [6.45, 7) is 11.0. The van der Waals surface area contributed by atoms with Crippen LogP contribution in [0.25, 0.3) is 0 Å². The molecule has 4 aliphatic heterocycles. The predicted octanol–water partition coefficient (Wildman–Crippen LogP) is 4.01. The van der Waals surface area contributed by atoms with E-state index >= 15 is 0 Å². The van der Waals surface area contributed by atoms with Crippen molar-refractivity contribution in [3.8, 4) is 0 Å². The third-order valence-electron chi connectivity index (χ3n) is 9.05. The maximum absolute atomic E-state index is 11.2. The van der Waals surface area contributed by atoms with Crippen molar-refractivity contribution in [2.75, 3.05) is 56.0 Å². The number of allylic oxidation sites excluding steroid dienone is 1. The molecule has 7 heteroatoms. The van der Waals surface area contributed by atoms with Gasteiger partial charge in [0.15, 0.2) is 5.76 Å². The third-order valence-corrected chi connectivity index (χ3v) is 9.05. The first-order chi connectivity index (χ1) is 17.5. The van der Waals surface area contributed by atoms with E-state index in [-0.39, 0.29) is 11.5 Å². The highest BCUT2D eigenvalue weighted by atomic mass is 16.4. The van der Waals surface area contributed by atoms with Gasteiger partial charge in [-0.25, -0.2) is 4.98 Å². The van der Waals surface area contributed by atoms with E-state index in [2.05, 4.69) is 63.2 Å². The van der Waals surface area contributed by atoms with Gasteiger partial charge < -0.3 is 24.6 Å². The number of aliphatic imine (C=N–C) groups is 1. The molecule has 0 bridgehead atoms. The summed E-state index contributed by atoms with van der Waals surface area (Å²) in [5.74, 6) is 1.62. The SMILES string of the molecule is Cc1ccc2c(c1)NCC21CCN(CC(O)C2CCN(c3ncc(C4=NCCC=C4)o3)CC2)CC1C. The van der Waals surface area contributed by atoms with Crippen LogP contribution in [0.4, 0.5) is 11.7 Å². The summed E-state index contributed by atoms with van der Waals surface area (Å²) >= 11 is 0. The van der Waals surface area contributed by atoms with Crippen LogP contribution in [-0.4, -0.2) is 72.6 Å². The fourth-order valence-electron chi connectivity index (χ4n) is 6.76. The minimum absolute atomic E-state index is 0.226. The number of β-amino-alcohol motifs (C(OH)–C–C–N with tert-alkyl or cyclic N) is 1. The number of rotatable bonds is 5. The molecule has 6 rings (SSSR count). The van der Waals surface area contributed by atoms with Gasteiger partial charge in [-0.3, -0.25) is 4.99 Å². The zero-order chi connectivity index (χ0) is 24.7. The van der Waals surface area contributed by atoms with Crippen molar-refractivity contribution >= 4 is 17.4 Å². The molecule has 5 heterocycles. The maximum Gasteiger partial charge on any atom is 0.297 e. The van der Waals surface area contributed by atoms with E-state index < -0.39 is 0 Å². The Hall–Kier alpha value is -2.64. The number of aromatic nitrogens is 1. The number of anilines is 2. The number of piperidine rings is 2. The van der Waals surface area contributed by atoms with Crippen LogP contribution >= 0.6 is 0 Å². The molecule has 2 fully saturated rings. The number of hydrogen-bond acceptors (Lipinski definition) is 7. The fourth-order valence-corrected chi connectivity index (χ4v) is 6.76. The third kappa shape index (κ3) is 4.37. The van der Waals surface area contributed by atoms with Crippen LogP contribution in [0.3, 0.4) is 0 Å². The molecular weight excluding hydrogens is 450 g/mol. The normalized spacial score (nSPS) is 27.7. The first-order valence-corrected chi connectivity index (χ1v) is 13.7. The largest absolute Gasteiger partial charge is 0.422 e. The Morgan fingerprint density at radius 3 is 2.89 bits per heavy atom. The molecule has 7 nitrogen and oxygen atoms in total. The smallest absolute Gasteiger partial charge is 0.297 e. The number of hydrogen-bond donors (Lipinski definition) is 2. The van der Waals surface area contributed by atoms with Crippen LogP contribution in [0.2, 0.25) is 0 Å². The minimum Gasteiger partial charge on any atom is -0.422 e. The van der Waals surface area contributed by atoms with Gasteiger partial charge in [0.2, 0.25) is 0 Å². The molecule has 0 saturated carbocycles. The lowest BCUT2D eigenvalue weighted by Crippen LogP contribution is -2.52. The molecule has 1 aromatic carbocycles. The highest BCUT2D eigenvalue weighted by Crippen LogP contribution is 2.47. The Labute approximate surface area is 214 Å². The Morgan fingerprint density at radius 1 is 1.25 bits per heavy atom. The van der Waals surface area contributed by atoms with Crippen LogP contribution in [0.15, 0.2) is 46.0 Å².